The van der Waals surface area contributed by atoms with E-state index >= 15 is 0 Å². The topological polar surface area (TPSA) is 35.2 Å². The number of rotatable bonds is 3. The average molecular weight is 189 g/mol. The summed E-state index contributed by atoms with van der Waals surface area (Å²) in [4.78, 5) is 0. The third-order valence-corrected chi connectivity index (χ3v) is 2.56. The molecule has 2 rings (SSSR count). The summed E-state index contributed by atoms with van der Waals surface area (Å²) in [6.45, 7) is 4.50. The van der Waals surface area contributed by atoms with E-state index in [0.29, 0.717) is 0 Å². The molecule has 0 bridgehead atoms. The summed E-state index contributed by atoms with van der Waals surface area (Å²) >= 11 is 0. The van der Waals surface area contributed by atoms with Gasteiger partial charge < -0.3 is 10.5 Å². The summed E-state index contributed by atoms with van der Waals surface area (Å²) in [7, 11) is 0. The zero-order chi connectivity index (χ0) is 9.97. The minimum absolute atomic E-state index is 0.0680. The van der Waals surface area contributed by atoms with Crippen LogP contribution in [-0.2, 0) is 6.42 Å². The SMILES string of the molecule is C=CCC(N)c1ccc2c(c1)CCO2. The number of hydrogen-bond donors (Lipinski definition) is 1. The molecule has 1 aromatic rings. The molecule has 0 saturated carbocycles. The van der Waals surface area contributed by atoms with Crippen LogP contribution in [0.5, 0.6) is 5.75 Å². The van der Waals surface area contributed by atoms with Crippen molar-refractivity contribution in [2.24, 2.45) is 5.73 Å². The van der Waals surface area contributed by atoms with Gasteiger partial charge >= 0.3 is 0 Å². The summed E-state index contributed by atoms with van der Waals surface area (Å²) in [6.07, 6.45) is 3.68. The lowest BCUT2D eigenvalue weighted by Gasteiger charge is -2.10. The fraction of sp³-hybridized carbons (Fsp3) is 0.333. The molecule has 2 N–H and O–H groups in total. The van der Waals surface area contributed by atoms with Crippen LogP contribution in [0.1, 0.15) is 23.6 Å². The van der Waals surface area contributed by atoms with Crippen molar-refractivity contribution in [2.75, 3.05) is 6.61 Å². The summed E-state index contributed by atoms with van der Waals surface area (Å²) < 4.78 is 5.43. The van der Waals surface area contributed by atoms with Crippen molar-refractivity contribution in [1.82, 2.24) is 0 Å². The Labute approximate surface area is 84.4 Å². The third-order valence-electron chi connectivity index (χ3n) is 2.56. The van der Waals surface area contributed by atoms with E-state index < -0.39 is 0 Å². The molecule has 1 aromatic carbocycles. The average Bonchev–Trinajstić information content (AvgIpc) is 2.64. The lowest BCUT2D eigenvalue weighted by Crippen LogP contribution is -2.08. The molecule has 0 radical (unpaired) electrons. The molecule has 2 nitrogen and oxygen atoms in total. The van der Waals surface area contributed by atoms with Crippen molar-refractivity contribution >= 4 is 0 Å². The van der Waals surface area contributed by atoms with Crippen LogP contribution in [0.4, 0.5) is 0 Å². The van der Waals surface area contributed by atoms with Crippen LogP contribution in [0.25, 0.3) is 0 Å². The van der Waals surface area contributed by atoms with E-state index in [2.05, 4.69) is 12.6 Å². The molecule has 0 aromatic heterocycles. The molecule has 74 valence electrons. The van der Waals surface area contributed by atoms with Gasteiger partial charge in [-0.15, -0.1) is 6.58 Å². The first-order chi connectivity index (χ1) is 6.81. The van der Waals surface area contributed by atoms with Crippen molar-refractivity contribution in [2.45, 2.75) is 18.9 Å². The van der Waals surface area contributed by atoms with E-state index in [1.165, 1.54) is 11.1 Å². The van der Waals surface area contributed by atoms with E-state index in [1.807, 2.05) is 18.2 Å². The second kappa shape index (κ2) is 3.84. The molecule has 0 fully saturated rings. The Balaban J connectivity index is 2.23. The van der Waals surface area contributed by atoms with Crippen LogP contribution >= 0.6 is 0 Å². The fourth-order valence-electron chi connectivity index (χ4n) is 1.75. The van der Waals surface area contributed by atoms with E-state index in [0.717, 1.165) is 25.2 Å². The molecule has 1 aliphatic heterocycles. The molecular weight excluding hydrogens is 174 g/mol. The van der Waals surface area contributed by atoms with Crippen LogP contribution in [0.2, 0.25) is 0 Å². The van der Waals surface area contributed by atoms with Gasteiger partial charge in [-0.1, -0.05) is 18.2 Å². The van der Waals surface area contributed by atoms with Crippen LogP contribution in [0.15, 0.2) is 30.9 Å². The van der Waals surface area contributed by atoms with Crippen LogP contribution in [0.3, 0.4) is 0 Å². The summed E-state index contributed by atoms with van der Waals surface area (Å²) in [6, 6.07) is 6.27. The maximum atomic E-state index is 5.99. The van der Waals surface area contributed by atoms with Crippen LogP contribution in [0, 0.1) is 0 Å². The predicted molar refractivity (Wildman–Crippen MR) is 57.4 cm³/mol. The second-order valence-corrected chi connectivity index (χ2v) is 3.60. The first-order valence-corrected chi connectivity index (χ1v) is 4.93. The van der Waals surface area contributed by atoms with Gasteiger partial charge in [0.1, 0.15) is 5.75 Å². The lowest BCUT2D eigenvalue weighted by molar-refractivity contribution is 0.357. The Bertz CT molecular complexity index is 346. The largest absolute Gasteiger partial charge is 0.493 e. The Kier molecular flexibility index (Phi) is 2.55. The molecular formula is C12H15NO. The third kappa shape index (κ3) is 1.66. The zero-order valence-corrected chi connectivity index (χ0v) is 8.20. The van der Waals surface area contributed by atoms with Gasteiger partial charge in [0.25, 0.3) is 0 Å². The molecule has 0 saturated heterocycles. The minimum atomic E-state index is 0.0680. The van der Waals surface area contributed by atoms with Gasteiger partial charge in [0, 0.05) is 12.5 Å². The number of hydrogen-bond acceptors (Lipinski definition) is 2. The van der Waals surface area contributed by atoms with Gasteiger partial charge in [-0.25, -0.2) is 0 Å². The zero-order valence-electron chi connectivity index (χ0n) is 8.20. The summed E-state index contributed by atoms with van der Waals surface area (Å²) in [5.41, 5.74) is 8.44. The minimum Gasteiger partial charge on any atom is -0.493 e. The van der Waals surface area contributed by atoms with E-state index in [1.54, 1.807) is 0 Å². The van der Waals surface area contributed by atoms with Crippen LogP contribution < -0.4 is 10.5 Å². The lowest BCUT2D eigenvalue weighted by atomic mass is 10.0. The van der Waals surface area contributed by atoms with Crippen LogP contribution in [-0.4, -0.2) is 6.61 Å². The molecule has 14 heavy (non-hydrogen) atoms. The van der Waals surface area contributed by atoms with Gasteiger partial charge in [-0.05, 0) is 23.6 Å². The summed E-state index contributed by atoms with van der Waals surface area (Å²) in [5.74, 6) is 1.01. The maximum absolute atomic E-state index is 5.99. The Morgan fingerprint density at radius 3 is 3.21 bits per heavy atom. The van der Waals surface area contributed by atoms with Gasteiger partial charge in [0.15, 0.2) is 0 Å². The Morgan fingerprint density at radius 2 is 2.43 bits per heavy atom. The van der Waals surface area contributed by atoms with E-state index in [9.17, 15) is 0 Å². The molecule has 0 aliphatic carbocycles. The highest BCUT2D eigenvalue weighted by Crippen LogP contribution is 2.28. The highest BCUT2D eigenvalue weighted by atomic mass is 16.5. The normalized spacial score (nSPS) is 15.8. The van der Waals surface area contributed by atoms with Gasteiger partial charge in [-0.2, -0.15) is 0 Å². The van der Waals surface area contributed by atoms with Crippen molar-refractivity contribution in [1.29, 1.82) is 0 Å². The number of ether oxygens (including phenoxy) is 1. The number of fused-ring (bicyclic) bond motifs is 1. The first-order valence-electron chi connectivity index (χ1n) is 4.93. The standard InChI is InChI=1S/C12H15NO/c1-2-3-11(13)9-4-5-12-10(8-9)6-7-14-12/h2,4-5,8,11H,1,3,6-7,13H2. The second-order valence-electron chi connectivity index (χ2n) is 3.60. The fourth-order valence-corrected chi connectivity index (χ4v) is 1.75. The Hall–Kier alpha value is -1.28. The van der Waals surface area contributed by atoms with E-state index in [4.69, 9.17) is 10.5 Å². The molecule has 1 unspecified atom stereocenters. The smallest absolute Gasteiger partial charge is 0.122 e. The molecule has 1 aliphatic rings. The van der Waals surface area contributed by atoms with Crippen molar-refractivity contribution in [3.8, 4) is 5.75 Å². The predicted octanol–water partition coefficient (Wildman–Crippen LogP) is 2.20. The molecule has 1 atom stereocenters. The summed E-state index contributed by atoms with van der Waals surface area (Å²) in [5, 5.41) is 0. The molecule has 1 heterocycles. The number of benzene rings is 1. The van der Waals surface area contributed by atoms with Crippen molar-refractivity contribution < 1.29 is 4.74 Å². The van der Waals surface area contributed by atoms with E-state index in [-0.39, 0.29) is 6.04 Å². The van der Waals surface area contributed by atoms with Gasteiger partial charge in [0.2, 0.25) is 0 Å². The van der Waals surface area contributed by atoms with Crippen molar-refractivity contribution in [3.05, 3.63) is 42.0 Å². The number of nitrogens with two attached hydrogens (primary N) is 1. The highest BCUT2D eigenvalue weighted by molar-refractivity contribution is 5.40. The first kappa shape index (κ1) is 9.28. The molecule has 0 spiro atoms. The maximum Gasteiger partial charge on any atom is 0.122 e. The quantitative estimate of drug-likeness (QED) is 0.740. The molecule has 0 amide bonds. The van der Waals surface area contributed by atoms with Crippen molar-refractivity contribution in [3.63, 3.8) is 0 Å². The monoisotopic (exact) mass is 189 g/mol. The highest BCUT2D eigenvalue weighted by Gasteiger charge is 2.13. The molecule has 2 heteroatoms. The van der Waals surface area contributed by atoms with Gasteiger partial charge in [-0.3, -0.25) is 0 Å². The Morgan fingerprint density at radius 1 is 1.57 bits per heavy atom. The van der Waals surface area contributed by atoms with Gasteiger partial charge in [0.05, 0.1) is 6.61 Å².